The van der Waals surface area contributed by atoms with Crippen LogP contribution in [0.3, 0.4) is 0 Å². The van der Waals surface area contributed by atoms with Crippen LogP contribution in [0.2, 0.25) is 0 Å². The monoisotopic (exact) mass is 479 g/mol. The van der Waals surface area contributed by atoms with E-state index in [9.17, 15) is 26.7 Å². The Bertz CT molecular complexity index is 1370. The van der Waals surface area contributed by atoms with E-state index in [0.717, 1.165) is 22.1 Å². The van der Waals surface area contributed by atoms with E-state index in [-0.39, 0.29) is 21.0 Å². The van der Waals surface area contributed by atoms with Crippen LogP contribution >= 0.6 is 11.3 Å². The van der Waals surface area contributed by atoms with Crippen molar-refractivity contribution < 1.29 is 26.7 Å². The van der Waals surface area contributed by atoms with Gasteiger partial charge in [-0.3, -0.25) is 4.72 Å². The van der Waals surface area contributed by atoms with Gasteiger partial charge in [-0.1, -0.05) is 19.1 Å². The summed E-state index contributed by atoms with van der Waals surface area (Å²) in [5.74, 6) is -1.24. The third-order valence-electron chi connectivity index (χ3n) is 4.65. The first kappa shape index (κ1) is 23.0. The minimum Gasteiger partial charge on any atom is -0.478 e. The van der Waals surface area contributed by atoms with E-state index in [1.54, 1.807) is 13.0 Å². The van der Waals surface area contributed by atoms with Gasteiger partial charge in [-0.2, -0.15) is 0 Å². The van der Waals surface area contributed by atoms with Gasteiger partial charge in [-0.25, -0.2) is 21.6 Å². The van der Waals surface area contributed by atoms with Crippen LogP contribution in [0.25, 0.3) is 10.4 Å². The molecule has 31 heavy (non-hydrogen) atoms. The van der Waals surface area contributed by atoms with Crippen molar-refractivity contribution >= 4 is 42.9 Å². The van der Waals surface area contributed by atoms with Crippen LogP contribution in [0, 0.1) is 6.92 Å². The highest BCUT2D eigenvalue weighted by atomic mass is 32.2. The zero-order valence-electron chi connectivity index (χ0n) is 17.0. The van der Waals surface area contributed by atoms with Gasteiger partial charge in [0.25, 0.3) is 10.0 Å². The second-order valence-corrected chi connectivity index (χ2v) is 11.9. The highest BCUT2D eigenvalue weighted by Crippen LogP contribution is 2.36. The van der Waals surface area contributed by atoms with Gasteiger partial charge in [0.2, 0.25) is 0 Å². The minimum absolute atomic E-state index is 0.0303. The molecule has 1 heterocycles. The second-order valence-electron chi connectivity index (χ2n) is 6.98. The molecule has 0 bridgehead atoms. The number of sulfone groups is 1. The van der Waals surface area contributed by atoms with Crippen molar-refractivity contribution in [3.63, 3.8) is 0 Å². The van der Waals surface area contributed by atoms with Gasteiger partial charge in [-0.05, 0) is 55.3 Å². The Kier molecular flexibility index (Phi) is 6.26. The van der Waals surface area contributed by atoms with Gasteiger partial charge in [-0.15, -0.1) is 11.3 Å². The molecule has 0 unspecified atom stereocenters. The van der Waals surface area contributed by atoms with Crippen molar-refractivity contribution in [2.24, 2.45) is 0 Å². The predicted molar refractivity (Wildman–Crippen MR) is 121 cm³/mol. The molecule has 0 radical (unpaired) electrons. The summed E-state index contributed by atoms with van der Waals surface area (Å²) in [6.45, 7) is 3.67. The van der Waals surface area contributed by atoms with E-state index in [1.807, 2.05) is 19.1 Å². The van der Waals surface area contributed by atoms with Gasteiger partial charge < -0.3 is 5.11 Å². The Morgan fingerprint density at radius 2 is 1.74 bits per heavy atom. The van der Waals surface area contributed by atoms with Gasteiger partial charge in [0, 0.05) is 21.6 Å². The quantitative estimate of drug-likeness (QED) is 0.525. The predicted octanol–water partition coefficient (Wildman–Crippen LogP) is 4.19. The van der Waals surface area contributed by atoms with E-state index in [2.05, 4.69) is 4.72 Å². The molecule has 3 aromatic rings. The van der Waals surface area contributed by atoms with E-state index in [0.29, 0.717) is 17.5 Å². The molecule has 0 fully saturated rings. The third kappa shape index (κ3) is 4.97. The smallest absolute Gasteiger partial charge is 0.335 e. The zero-order chi connectivity index (χ0) is 23.0. The number of anilines is 1. The maximum absolute atomic E-state index is 13.3. The van der Waals surface area contributed by atoms with Crippen LogP contribution in [0.1, 0.15) is 27.7 Å². The molecule has 0 aliphatic heterocycles. The van der Waals surface area contributed by atoms with Crippen molar-refractivity contribution in [2.45, 2.75) is 30.1 Å². The first-order valence-electron chi connectivity index (χ1n) is 9.22. The summed E-state index contributed by atoms with van der Waals surface area (Å²) in [6, 6.07) is 11.9. The molecule has 0 atom stereocenters. The van der Waals surface area contributed by atoms with Crippen LogP contribution in [0.15, 0.2) is 58.3 Å². The maximum Gasteiger partial charge on any atom is 0.335 e. The molecule has 0 aliphatic carbocycles. The lowest BCUT2D eigenvalue weighted by Crippen LogP contribution is -2.17. The number of sulfonamides is 1. The summed E-state index contributed by atoms with van der Waals surface area (Å²) in [7, 11) is -7.78. The average molecular weight is 480 g/mol. The average Bonchev–Trinajstić information content (AvgIpc) is 3.12. The van der Waals surface area contributed by atoms with E-state index < -0.39 is 25.8 Å². The Morgan fingerprint density at radius 3 is 2.29 bits per heavy atom. The summed E-state index contributed by atoms with van der Waals surface area (Å²) in [5, 5.41) is 9.27. The number of rotatable bonds is 7. The number of carbonyl (C=O) groups is 1. The second kappa shape index (κ2) is 8.45. The van der Waals surface area contributed by atoms with Crippen molar-refractivity contribution in [1.82, 2.24) is 0 Å². The van der Waals surface area contributed by atoms with E-state index >= 15 is 0 Å². The number of hydrogen-bond donors (Lipinski definition) is 2. The largest absolute Gasteiger partial charge is 0.478 e. The molecular formula is C21H21NO6S3. The number of thiophene rings is 1. The summed E-state index contributed by atoms with van der Waals surface area (Å²) < 4.78 is 53.1. The standard InChI is InChI=1S/C21H21NO6S3/c1-4-14-6-7-15(21(23)24)11-20(14)31(27,28)22-18-12-16(30(3,25)26)8-9-17(18)19-10-5-13(2)29-19/h5-12,22H,4H2,1-3H3,(H,23,24). The lowest BCUT2D eigenvalue weighted by Gasteiger charge is -2.16. The molecule has 2 N–H and O–H groups in total. The summed E-state index contributed by atoms with van der Waals surface area (Å²) >= 11 is 1.44. The minimum atomic E-state index is -4.20. The number of carboxylic acid groups (broad SMARTS) is 1. The van der Waals surface area contributed by atoms with Crippen LogP contribution in [0.5, 0.6) is 0 Å². The topological polar surface area (TPSA) is 118 Å². The fraction of sp³-hybridized carbons (Fsp3) is 0.190. The first-order valence-corrected chi connectivity index (χ1v) is 13.4. The molecule has 0 saturated carbocycles. The summed E-state index contributed by atoms with van der Waals surface area (Å²) in [4.78, 5) is 12.9. The molecule has 164 valence electrons. The third-order valence-corrected chi connectivity index (χ3v) is 8.25. The molecule has 1 aromatic heterocycles. The summed E-state index contributed by atoms with van der Waals surface area (Å²) in [6.07, 6.45) is 1.41. The molecule has 0 aliphatic rings. The van der Waals surface area contributed by atoms with Crippen LogP contribution in [-0.4, -0.2) is 34.2 Å². The number of hydrogen-bond acceptors (Lipinski definition) is 6. The van der Waals surface area contributed by atoms with Crippen molar-refractivity contribution in [3.05, 3.63) is 64.5 Å². The number of aromatic carboxylic acids is 1. The van der Waals surface area contributed by atoms with Gasteiger partial charge in [0.1, 0.15) is 0 Å². The van der Waals surface area contributed by atoms with Crippen LogP contribution in [0.4, 0.5) is 5.69 Å². The van der Waals surface area contributed by atoms with Gasteiger partial charge in [0.05, 0.1) is 21.0 Å². The lowest BCUT2D eigenvalue weighted by atomic mass is 10.1. The number of nitrogens with one attached hydrogen (secondary N) is 1. The molecule has 2 aromatic carbocycles. The molecule has 7 nitrogen and oxygen atoms in total. The highest BCUT2D eigenvalue weighted by molar-refractivity contribution is 7.92. The zero-order valence-corrected chi connectivity index (χ0v) is 19.5. The number of carboxylic acids is 1. The maximum atomic E-state index is 13.3. The summed E-state index contributed by atoms with van der Waals surface area (Å²) in [5.41, 5.74) is 0.927. The molecule has 0 spiro atoms. The fourth-order valence-electron chi connectivity index (χ4n) is 3.06. The molecular weight excluding hydrogens is 458 g/mol. The van der Waals surface area contributed by atoms with Crippen LogP contribution in [-0.2, 0) is 26.3 Å². The first-order chi connectivity index (χ1) is 14.4. The fourth-order valence-corrected chi connectivity index (χ4v) is 6.02. The van der Waals surface area contributed by atoms with Gasteiger partial charge in [0.15, 0.2) is 9.84 Å². The van der Waals surface area contributed by atoms with Gasteiger partial charge >= 0.3 is 5.97 Å². The Labute approximate surface area is 185 Å². The Morgan fingerprint density at radius 1 is 1.03 bits per heavy atom. The SMILES string of the molecule is CCc1ccc(C(=O)O)cc1S(=O)(=O)Nc1cc(S(C)(=O)=O)ccc1-c1ccc(C)s1. The van der Waals surface area contributed by atoms with Crippen molar-refractivity contribution in [3.8, 4) is 10.4 Å². The highest BCUT2D eigenvalue weighted by Gasteiger charge is 2.23. The van der Waals surface area contributed by atoms with Crippen LogP contribution < -0.4 is 4.72 Å². The Hall–Kier alpha value is -2.69. The number of aryl methyl sites for hydroxylation is 2. The Balaban J connectivity index is 2.18. The van der Waals surface area contributed by atoms with E-state index in [4.69, 9.17) is 0 Å². The van der Waals surface area contributed by atoms with E-state index in [1.165, 1.54) is 35.6 Å². The molecule has 0 amide bonds. The van der Waals surface area contributed by atoms with Crippen molar-refractivity contribution in [2.75, 3.05) is 11.0 Å². The molecule has 0 saturated heterocycles. The molecule has 3 rings (SSSR count). The lowest BCUT2D eigenvalue weighted by molar-refractivity contribution is 0.0696. The van der Waals surface area contributed by atoms with Crippen molar-refractivity contribution in [1.29, 1.82) is 0 Å². The molecule has 10 heteroatoms. The normalized spacial score (nSPS) is 12.0. The number of benzene rings is 2.